The largest absolute Gasteiger partial charge is 0.302 e. The molecule has 0 N–H and O–H groups in total. The average molecular weight is 385 g/mol. The SMILES string of the molecule is c1cncc(CN(CCN2CCCCC2)CC2CCCN(C3CCCC3)C2)c1. The van der Waals surface area contributed by atoms with E-state index in [0.717, 1.165) is 18.5 Å². The number of hydrogen-bond donors (Lipinski definition) is 0. The van der Waals surface area contributed by atoms with Gasteiger partial charge in [-0.3, -0.25) is 9.88 Å². The smallest absolute Gasteiger partial charge is 0.0312 e. The number of hydrogen-bond acceptors (Lipinski definition) is 4. The van der Waals surface area contributed by atoms with Crippen molar-refractivity contribution in [3.05, 3.63) is 30.1 Å². The van der Waals surface area contributed by atoms with Gasteiger partial charge in [0.15, 0.2) is 0 Å². The first-order chi connectivity index (χ1) is 13.9. The number of piperidine rings is 2. The van der Waals surface area contributed by atoms with E-state index in [0.29, 0.717) is 0 Å². The maximum Gasteiger partial charge on any atom is 0.0312 e. The van der Waals surface area contributed by atoms with Crippen molar-refractivity contribution in [1.29, 1.82) is 0 Å². The van der Waals surface area contributed by atoms with Crippen LogP contribution in [0.4, 0.5) is 0 Å². The molecule has 156 valence electrons. The van der Waals surface area contributed by atoms with Gasteiger partial charge < -0.3 is 9.80 Å². The van der Waals surface area contributed by atoms with Crippen LogP contribution in [0.1, 0.15) is 63.4 Å². The summed E-state index contributed by atoms with van der Waals surface area (Å²) in [6.07, 6.45) is 16.8. The van der Waals surface area contributed by atoms with Gasteiger partial charge in [-0.2, -0.15) is 0 Å². The zero-order chi connectivity index (χ0) is 19.0. The van der Waals surface area contributed by atoms with Crippen molar-refractivity contribution in [2.75, 3.05) is 45.8 Å². The topological polar surface area (TPSA) is 22.6 Å². The van der Waals surface area contributed by atoms with E-state index in [9.17, 15) is 0 Å². The van der Waals surface area contributed by atoms with Crippen molar-refractivity contribution in [2.24, 2.45) is 5.92 Å². The van der Waals surface area contributed by atoms with Crippen molar-refractivity contribution >= 4 is 0 Å². The number of nitrogens with zero attached hydrogens (tertiary/aromatic N) is 4. The van der Waals surface area contributed by atoms with Gasteiger partial charge in [0.1, 0.15) is 0 Å². The van der Waals surface area contributed by atoms with E-state index < -0.39 is 0 Å². The molecule has 1 aromatic heterocycles. The third kappa shape index (κ3) is 6.01. The van der Waals surface area contributed by atoms with Gasteiger partial charge in [-0.05, 0) is 75.7 Å². The molecule has 4 heteroatoms. The second kappa shape index (κ2) is 10.7. The predicted octanol–water partition coefficient (Wildman–Crippen LogP) is 4.02. The molecular formula is C24H40N4. The fourth-order valence-corrected chi connectivity index (χ4v) is 5.66. The van der Waals surface area contributed by atoms with E-state index in [-0.39, 0.29) is 0 Å². The Labute approximate surface area is 172 Å². The van der Waals surface area contributed by atoms with Crippen LogP contribution in [0.25, 0.3) is 0 Å². The molecule has 1 unspecified atom stereocenters. The lowest BCUT2D eigenvalue weighted by Crippen LogP contribution is -2.46. The molecule has 4 rings (SSSR count). The summed E-state index contributed by atoms with van der Waals surface area (Å²) in [6, 6.07) is 5.22. The zero-order valence-corrected chi connectivity index (χ0v) is 17.8. The quantitative estimate of drug-likeness (QED) is 0.675. The third-order valence-corrected chi connectivity index (χ3v) is 7.22. The van der Waals surface area contributed by atoms with Crippen molar-refractivity contribution < 1.29 is 0 Å². The van der Waals surface area contributed by atoms with Gasteiger partial charge >= 0.3 is 0 Å². The Morgan fingerprint density at radius 2 is 1.82 bits per heavy atom. The van der Waals surface area contributed by atoms with Gasteiger partial charge in [0.25, 0.3) is 0 Å². The Bertz CT molecular complexity index is 551. The highest BCUT2D eigenvalue weighted by Crippen LogP contribution is 2.28. The molecule has 1 aromatic rings. The summed E-state index contributed by atoms with van der Waals surface area (Å²) < 4.78 is 0. The van der Waals surface area contributed by atoms with E-state index in [1.54, 1.807) is 0 Å². The first-order valence-electron chi connectivity index (χ1n) is 11.9. The maximum atomic E-state index is 4.35. The highest BCUT2D eigenvalue weighted by molar-refractivity contribution is 5.08. The number of pyridine rings is 1. The standard InChI is InChI=1S/C24H40N4/c1-4-13-26(14-5-1)16-17-27(19-22-8-6-12-25-18-22)20-23-9-7-15-28(21-23)24-10-2-3-11-24/h6,8,12,18,23-24H,1-5,7,9-11,13-17,19-21H2. The van der Waals surface area contributed by atoms with Crippen molar-refractivity contribution in [2.45, 2.75) is 70.4 Å². The molecule has 0 aromatic carbocycles. The minimum atomic E-state index is 0.840. The molecule has 4 nitrogen and oxygen atoms in total. The van der Waals surface area contributed by atoms with Gasteiger partial charge in [-0.1, -0.05) is 25.3 Å². The van der Waals surface area contributed by atoms with Gasteiger partial charge in [-0.25, -0.2) is 0 Å². The maximum absolute atomic E-state index is 4.35. The van der Waals surface area contributed by atoms with E-state index in [1.807, 2.05) is 6.20 Å². The van der Waals surface area contributed by atoms with Crippen LogP contribution < -0.4 is 0 Å². The lowest BCUT2D eigenvalue weighted by molar-refractivity contribution is 0.0912. The first-order valence-corrected chi connectivity index (χ1v) is 11.9. The zero-order valence-electron chi connectivity index (χ0n) is 17.8. The fraction of sp³-hybridized carbons (Fsp3) is 0.792. The van der Waals surface area contributed by atoms with E-state index in [2.05, 4.69) is 38.0 Å². The molecule has 2 aliphatic heterocycles. The third-order valence-electron chi connectivity index (χ3n) is 7.22. The van der Waals surface area contributed by atoms with Crippen LogP contribution in [0.3, 0.4) is 0 Å². The Morgan fingerprint density at radius 3 is 2.61 bits per heavy atom. The molecule has 0 spiro atoms. The summed E-state index contributed by atoms with van der Waals surface area (Å²) in [6.45, 7) is 10.0. The lowest BCUT2D eigenvalue weighted by Gasteiger charge is -2.39. The van der Waals surface area contributed by atoms with Gasteiger partial charge in [0.05, 0.1) is 0 Å². The van der Waals surface area contributed by atoms with E-state index in [4.69, 9.17) is 0 Å². The monoisotopic (exact) mass is 384 g/mol. The Kier molecular flexibility index (Phi) is 7.76. The fourth-order valence-electron chi connectivity index (χ4n) is 5.66. The van der Waals surface area contributed by atoms with Crippen molar-refractivity contribution in [3.63, 3.8) is 0 Å². The molecule has 3 aliphatic rings. The Hall–Kier alpha value is -0.970. The number of rotatable bonds is 8. The molecule has 0 amide bonds. The van der Waals surface area contributed by atoms with Crippen LogP contribution in [0.5, 0.6) is 0 Å². The molecule has 0 bridgehead atoms. The van der Waals surface area contributed by atoms with Crippen molar-refractivity contribution in [3.8, 4) is 0 Å². The minimum Gasteiger partial charge on any atom is -0.302 e. The Balaban J connectivity index is 1.33. The lowest BCUT2D eigenvalue weighted by atomic mass is 9.95. The molecule has 0 radical (unpaired) electrons. The number of aromatic nitrogens is 1. The molecule has 3 heterocycles. The van der Waals surface area contributed by atoms with Gasteiger partial charge in [0, 0.05) is 51.2 Å². The molecule has 3 fully saturated rings. The molecule has 1 saturated carbocycles. The first kappa shape index (κ1) is 20.3. The summed E-state index contributed by atoms with van der Waals surface area (Å²) >= 11 is 0. The van der Waals surface area contributed by atoms with Crippen LogP contribution in [-0.2, 0) is 6.54 Å². The van der Waals surface area contributed by atoms with E-state index in [1.165, 1.54) is 109 Å². The van der Waals surface area contributed by atoms with Crippen LogP contribution >= 0.6 is 0 Å². The summed E-state index contributed by atoms with van der Waals surface area (Å²) in [7, 11) is 0. The van der Waals surface area contributed by atoms with Crippen LogP contribution in [0.15, 0.2) is 24.5 Å². The van der Waals surface area contributed by atoms with Crippen molar-refractivity contribution in [1.82, 2.24) is 19.7 Å². The molecule has 1 atom stereocenters. The van der Waals surface area contributed by atoms with E-state index >= 15 is 0 Å². The average Bonchev–Trinajstić information content (AvgIpc) is 3.29. The summed E-state index contributed by atoms with van der Waals surface area (Å²) in [5, 5.41) is 0. The summed E-state index contributed by atoms with van der Waals surface area (Å²) in [5.41, 5.74) is 1.37. The number of likely N-dealkylation sites (tertiary alicyclic amines) is 2. The van der Waals surface area contributed by atoms with Gasteiger partial charge in [-0.15, -0.1) is 0 Å². The molecule has 28 heavy (non-hydrogen) atoms. The van der Waals surface area contributed by atoms with Crippen LogP contribution in [0.2, 0.25) is 0 Å². The minimum absolute atomic E-state index is 0.840. The van der Waals surface area contributed by atoms with Crippen LogP contribution in [0, 0.1) is 5.92 Å². The van der Waals surface area contributed by atoms with Crippen LogP contribution in [-0.4, -0.2) is 71.5 Å². The second-order valence-electron chi connectivity index (χ2n) is 9.44. The molecule has 2 saturated heterocycles. The molecule has 1 aliphatic carbocycles. The summed E-state index contributed by atoms with van der Waals surface area (Å²) in [5.74, 6) is 0.840. The normalized spacial score (nSPS) is 25.5. The highest BCUT2D eigenvalue weighted by Gasteiger charge is 2.28. The Morgan fingerprint density at radius 1 is 0.964 bits per heavy atom. The molecular weight excluding hydrogens is 344 g/mol. The van der Waals surface area contributed by atoms with Gasteiger partial charge in [0.2, 0.25) is 0 Å². The second-order valence-corrected chi connectivity index (χ2v) is 9.44. The highest BCUT2D eigenvalue weighted by atomic mass is 15.2. The predicted molar refractivity (Wildman–Crippen MR) is 116 cm³/mol. The summed E-state index contributed by atoms with van der Waals surface area (Å²) in [4.78, 5) is 12.6.